The normalized spacial score (nSPS) is 11.2. The van der Waals surface area contributed by atoms with Gasteiger partial charge in [0.1, 0.15) is 0 Å². The van der Waals surface area contributed by atoms with Gasteiger partial charge in [0.2, 0.25) is 0 Å². The highest BCUT2D eigenvalue weighted by Crippen LogP contribution is 2.14. The zero-order chi connectivity index (χ0) is 14.8. The predicted molar refractivity (Wildman–Crippen MR) is 78.9 cm³/mol. The highest BCUT2D eigenvalue weighted by molar-refractivity contribution is 6.31. The Hall–Kier alpha value is -1.82. The first-order chi connectivity index (χ1) is 9.63. The molecule has 20 heavy (non-hydrogen) atoms. The van der Waals surface area contributed by atoms with Crippen molar-refractivity contribution in [1.82, 2.24) is 15.6 Å². The summed E-state index contributed by atoms with van der Waals surface area (Å²) in [6.45, 7) is 3.19. The van der Waals surface area contributed by atoms with Crippen LogP contribution in [0.5, 0.6) is 0 Å². The largest absolute Gasteiger partial charge is 0.367 e. The van der Waals surface area contributed by atoms with Gasteiger partial charge in [0.15, 0.2) is 5.82 Å². The minimum atomic E-state index is -0.474. The summed E-state index contributed by atoms with van der Waals surface area (Å²) < 4.78 is 0. The molecule has 110 valence electrons. The van der Waals surface area contributed by atoms with E-state index in [1.54, 1.807) is 12.3 Å². The summed E-state index contributed by atoms with van der Waals surface area (Å²) in [5.41, 5.74) is 0.891. The van der Waals surface area contributed by atoms with E-state index >= 15 is 0 Å². The number of aromatic nitrogens is 1. The van der Waals surface area contributed by atoms with Gasteiger partial charge < -0.3 is 10.6 Å². The predicted octanol–water partition coefficient (Wildman–Crippen LogP) is 2.33. The van der Waals surface area contributed by atoms with Crippen molar-refractivity contribution >= 4 is 11.6 Å². The summed E-state index contributed by atoms with van der Waals surface area (Å²) in [6, 6.07) is 3.63. The lowest BCUT2D eigenvalue weighted by Gasteiger charge is -2.09. The average Bonchev–Trinajstić information content (AvgIpc) is 2.40. The molecule has 0 spiro atoms. The molecule has 1 aromatic rings. The fourth-order valence-electron chi connectivity index (χ4n) is 1.69. The lowest BCUT2D eigenvalue weighted by Crippen LogP contribution is -2.28. The second kappa shape index (κ2) is 9.14. The number of nitrogens with zero attached hydrogens (tertiary/aromatic N) is 2. The summed E-state index contributed by atoms with van der Waals surface area (Å²) in [5.74, 6) is 0.438. The third kappa shape index (κ3) is 6.38. The second-order valence-corrected chi connectivity index (χ2v) is 4.58. The highest BCUT2D eigenvalue weighted by atomic mass is 35.5. The van der Waals surface area contributed by atoms with E-state index in [0.29, 0.717) is 23.9 Å². The van der Waals surface area contributed by atoms with E-state index in [1.807, 2.05) is 13.0 Å². The maximum absolute atomic E-state index is 10.4. The Morgan fingerprint density at radius 1 is 1.50 bits per heavy atom. The lowest BCUT2D eigenvalue weighted by molar-refractivity contribution is -0.404. The molecule has 0 aliphatic carbocycles. The smallest absolute Gasteiger partial charge is 0.274 e. The Kier molecular flexibility index (Phi) is 7.42. The van der Waals surface area contributed by atoms with Crippen LogP contribution < -0.4 is 10.6 Å². The Morgan fingerprint density at radius 3 is 2.95 bits per heavy atom. The molecule has 6 nitrogen and oxygen atoms in total. The first kappa shape index (κ1) is 16.2. The Balaban J connectivity index is 2.27. The molecule has 1 rings (SSSR count). The van der Waals surface area contributed by atoms with E-state index in [9.17, 15) is 10.1 Å². The SMILES string of the molecule is CCNC(=C[N+](=O)[O-])NCCCCc1ncccc1Cl. The number of hydrogen-bond acceptors (Lipinski definition) is 5. The third-order valence-corrected chi connectivity index (χ3v) is 2.94. The molecular formula is C13H19ClN4O2. The second-order valence-electron chi connectivity index (χ2n) is 4.17. The summed E-state index contributed by atoms with van der Waals surface area (Å²) in [6.07, 6.45) is 5.27. The van der Waals surface area contributed by atoms with E-state index < -0.39 is 4.92 Å². The van der Waals surface area contributed by atoms with Gasteiger partial charge in [0, 0.05) is 19.3 Å². The van der Waals surface area contributed by atoms with Crippen LogP contribution in [0.4, 0.5) is 0 Å². The van der Waals surface area contributed by atoms with Gasteiger partial charge in [0.05, 0.1) is 15.6 Å². The average molecular weight is 299 g/mol. The first-order valence-electron chi connectivity index (χ1n) is 6.56. The quantitative estimate of drug-likeness (QED) is 0.415. The van der Waals surface area contributed by atoms with Crippen LogP contribution >= 0.6 is 11.6 Å². The molecule has 0 saturated heterocycles. The van der Waals surface area contributed by atoms with Crippen molar-refractivity contribution in [3.05, 3.63) is 51.2 Å². The van der Waals surface area contributed by atoms with Crippen molar-refractivity contribution in [3.63, 3.8) is 0 Å². The third-order valence-electron chi connectivity index (χ3n) is 2.59. The molecule has 0 amide bonds. The zero-order valence-electron chi connectivity index (χ0n) is 11.4. The number of nitro groups is 1. The fraction of sp³-hybridized carbons (Fsp3) is 0.462. The molecule has 0 atom stereocenters. The molecule has 7 heteroatoms. The van der Waals surface area contributed by atoms with Crippen LogP contribution in [0.1, 0.15) is 25.5 Å². The van der Waals surface area contributed by atoms with Crippen LogP contribution in [0.25, 0.3) is 0 Å². The number of unbranched alkanes of at least 4 members (excludes halogenated alkanes) is 1. The Labute approximate surface area is 123 Å². The molecule has 1 aromatic heterocycles. The van der Waals surface area contributed by atoms with Gasteiger partial charge in [-0.25, -0.2) is 0 Å². The van der Waals surface area contributed by atoms with Gasteiger partial charge in [-0.15, -0.1) is 0 Å². The molecule has 2 N–H and O–H groups in total. The Bertz CT molecular complexity index is 465. The van der Waals surface area contributed by atoms with Crippen LogP contribution in [0.2, 0.25) is 5.02 Å². The standard InChI is InChI=1S/C13H19ClN4O2/c1-2-15-13(10-18(19)20)17-8-4-3-7-12-11(14)6-5-9-16-12/h5-6,9-10,15,17H,2-4,7-8H2,1H3. The van der Waals surface area contributed by atoms with E-state index in [1.165, 1.54) is 0 Å². The Morgan fingerprint density at radius 2 is 2.30 bits per heavy atom. The van der Waals surface area contributed by atoms with Gasteiger partial charge in [-0.05, 0) is 38.3 Å². The monoisotopic (exact) mass is 298 g/mol. The van der Waals surface area contributed by atoms with Crippen LogP contribution in [-0.2, 0) is 6.42 Å². The molecular weight excluding hydrogens is 280 g/mol. The number of hydrogen-bond donors (Lipinski definition) is 2. The van der Waals surface area contributed by atoms with Crippen molar-refractivity contribution in [2.24, 2.45) is 0 Å². The van der Waals surface area contributed by atoms with Crippen LogP contribution in [-0.4, -0.2) is 23.0 Å². The highest BCUT2D eigenvalue weighted by Gasteiger charge is 2.02. The van der Waals surface area contributed by atoms with E-state index in [0.717, 1.165) is 31.2 Å². The lowest BCUT2D eigenvalue weighted by atomic mass is 10.2. The molecule has 0 radical (unpaired) electrons. The summed E-state index contributed by atoms with van der Waals surface area (Å²) in [4.78, 5) is 14.2. The van der Waals surface area contributed by atoms with Gasteiger partial charge >= 0.3 is 0 Å². The number of rotatable bonds is 9. The van der Waals surface area contributed by atoms with Crippen LogP contribution in [0.3, 0.4) is 0 Å². The number of pyridine rings is 1. The molecule has 0 aromatic carbocycles. The zero-order valence-corrected chi connectivity index (χ0v) is 12.2. The molecule has 0 aliphatic rings. The summed E-state index contributed by atoms with van der Waals surface area (Å²) in [7, 11) is 0. The van der Waals surface area contributed by atoms with Gasteiger partial charge in [-0.2, -0.15) is 0 Å². The van der Waals surface area contributed by atoms with Crippen molar-refractivity contribution in [2.75, 3.05) is 13.1 Å². The molecule has 0 saturated carbocycles. The first-order valence-corrected chi connectivity index (χ1v) is 6.93. The topological polar surface area (TPSA) is 80.1 Å². The van der Waals surface area contributed by atoms with Gasteiger partial charge in [-0.1, -0.05) is 11.6 Å². The minimum absolute atomic E-state index is 0.438. The van der Waals surface area contributed by atoms with Crippen LogP contribution in [0.15, 0.2) is 30.4 Å². The maximum atomic E-state index is 10.4. The minimum Gasteiger partial charge on any atom is -0.367 e. The molecule has 0 bridgehead atoms. The number of halogens is 1. The summed E-state index contributed by atoms with van der Waals surface area (Å²) in [5, 5.41) is 17.0. The van der Waals surface area contributed by atoms with Gasteiger partial charge in [-0.3, -0.25) is 15.1 Å². The van der Waals surface area contributed by atoms with Crippen molar-refractivity contribution in [2.45, 2.75) is 26.2 Å². The molecule has 0 unspecified atom stereocenters. The van der Waals surface area contributed by atoms with Crippen molar-refractivity contribution in [1.29, 1.82) is 0 Å². The number of aryl methyl sites for hydroxylation is 1. The van der Waals surface area contributed by atoms with E-state index in [-0.39, 0.29) is 0 Å². The van der Waals surface area contributed by atoms with Gasteiger partial charge in [0.25, 0.3) is 6.20 Å². The van der Waals surface area contributed by atoms with Crippen molar-refractivity contribution in [3.8, 4) is 0 Å². The number of nitrogens with one attached hydrogen (secondary N) is 2. The summed E-state index contributed by atoms with van der Waals surface area (Å²) >= 11 is 6.01. The van der Waals surface area contributed by atoms with E-state index in [4.69, 9.17) is 11.6 Å². The van der Waals surface area contributed by atoms with Crippen molar-refractivity contribution < 1.29 is 4.92 Å². The molecule has 0 fully saturated rings. The fourth-order valence-corrected chi connectivity index (χ4v) is 1.91. The molecule has 1 heterocycles. The van der Waals surface area contributed by atoms with Crippen LogP contribution in [0, 0.1) is 10.1 Å². The molecule has 0 aliphatic heterocycles. The van der Waals surface area contributed by atoms with E-state index in [2.05, 4.69) is 15.6 Å². The maximum Gasteiger partial charge on any atom is 0.274 e.